The van der Waals surface area contributed by atoms with Crippen molar-refractivity contribution in [2.24, 2.45) is 0 Å². The number of fused-ring (bicyclic) bond motifs is 1. The number of hydrogen-bond acceptors (Lipinski definition) is 3. The SMILES string of the molecule is O=C1CCn2c(-c3ccc4ccccc4n3)nc3cccc1c32. The molecule has 2 aromatic carbocycles. The molecule has 110 valence electrons. The van der Waals surface area contributed by atoms with Gasteiger partial charge in [0.15, 0.2) is 11.6 Å². The molecule has 2 aromatic heterocycles. The fraction of sp³-hybridized carbons (Fsp3) is 0.105. The zero-order chi connectivity index (χ0) is 15.4. The highest BCUT2D eigenvalue weighted by Gasteiger charge is 2.23. The van der Waals surface area contributed by atoms with E-state index in [2.05, 4.69) is 16.7 Å². The van der Waals surface area contributed by atoms with Crippen LogP contribution in [0.25, 0.3) is 33.5 Å². The van der Waals surface area contributed by atoms with Crippen LogP contribution >= 0.6 is 0 Å². The van der Waals surface area contributed by atoms with Gasteiger partial charge in [-0.3, -0.25) is 4.79 Å². The topological polar surface area (TPSA) is 47.8 Å². The van der Waals surface area contributed by atoms with E-state index in [0.717, 1.165) is 39.0 Å². The summed E-state index contributed by atoms with van der Waals surface area (Å²) in [6, 6.07) is 17.9. The highest BCUT2D eigenvalue weighted by Crippen LogP contribution is 2.31. The van der Waals surface area contributed by atoms with Gasteiger partial charge in [-0.25, -0.2) is 9.97 Å². The Bertz CT molecular complexity index is 1090. The standard InChI is InChI=1S/C19H13N3O/c23-17-10-11-22-18-13(17)5-3-7-15(18)21-19(22)16-9-8-12-4-1-2-6-14(12)20-16/h1-9H,10-11H2. The molecule has 23 heavy (non-hydrogen) atoms. The van der Waals surface area contributed by atoms with Crippen LogP contribution in [0.2, 0.25) is 0 Å². The number of Topliss-reactive ketones (excluding diaryl/α,β-unsaturated/α-hetero) is 1. The van der Waals surface area contributed by atoms with E-state index in [9.17, 15) is 4.79 Å². The molecular weight excluding hydrogens is 286 g/mol. The number of para-hydroxylation sites is 2. The Balaban J connectivity index is 1.81. The molecule has 0 bridgehead atoms. The van der Waals surface area contributed by atoms with Crippen LogP contribution in [-0.4, -0.2) is 20.3 Å². The maximum atomic E-state index is 12.1. The summed E-state index contributed by atoms with van der Waals surface area (Å²) in [7, 11) is 0. The van der Waals surface area contributed by atoms with Crippen molar-refractivity contribution in [3.8, 4) is 11.5 Å². The highest BCUT2D eigenvalue weighted by atomic mass is 16.1. The van der Waals surface area contributed by atoms with E-state index in [-0.39, 0.29) is 5.78 Å². The van der Waals surface area contributed by atoms with E-state index in [4.69, 9.17) is 9.97 Å². The van der Waals surface area contributed by atoms with E-state index in [1.807, 2.05) is 42.5 Å². The van der Waals surface area contributed by atoms with Crippen LogP contribution in [0.5, 0.6) is 0 Å². The second kappa shape index (κ2) is 4.49. The quantitative estimate of drug-likeness (QED) is 0.536. The average Bonchev–Trinajstić information content (AvgIpc) is 2.98. The Morgan fingerprint density at radius 2 is 1.74 bits per heavy atom. The van der Waals surface area contributed by atoms with Crippen LogP contribution < -0.4 is 0 Å². The van der Waals surface area contributed by atoms with Gasteiger partial charge < -0.3 is 4.57 Å². The van der Waals surface area contributed by atoms with E-state index in [1.54, 1.807) is 0 Å². The number of pyridine rings is 1. The summed E-state index contributed by atoms with van der Waals surface area (Å²) in [6.45, 7) is 0.663. The lowest BCUT2D eigenvalue weighted by Crippen LogP contribution is -2.14. The summed E-state index contributed by atoms with van der Waals surface area (Å²) in [5.74, 6) is 1.03. The minimum Gasteiger partial charge on any atom is -0.322 e. The third-order valence-corrected chi connectivity index (χ3v) is 4.46. The van der Waals surface area contributed by atoms with E-state index >= 15 is 0 Å². The number of carbonyl (C=O) groups excluding carboxylic acids is 1. The third kappa shape index (κ3) is 1.75. The minimum atomic E-state index is 0.195. The van der Waals surface area contributed by atoms with Gasteiger partial charge in [0.05, 0.1) is 16.6 Å². The van der Waals surface area contributed by atoms with Crippen LogP contribution in [0.15, 0.2) is 54.6 Å². The lowest BCUT2D eigenvalue weighted by atomic mass is 10.0. The van der Waals surface area contributed by atoms with Crippen molar-refractivity contribution in [3.63, 3.8) is 0 Å². The first kappa shape index (κ1) is 12.5. The van der Waals surface area contributed by atoms with Crippen molar-refractivity contribution in [2.75, 3.05) is 0 Å². The van der Waals surface area contributed by atoms with Crippen molar-refractivity contribution < 1.29 is 4.79 Å². The van der Waals surface area contributed by atoms with Crippen LogP contribution in [-0.2, 0) is 6.54 Å². The molecule has 5 rings (SSSR count). The molecule has 0 saturated carbocycles. The van der Waals surface area contributed by atoms with Gasteiger partial charge in [0, 0.05) is 23.9 Å². The van der Waals surface area contributed by atoms with Crippen LogP contribution in [0.4, 0.5) is 0 Å². The first-order chi connectivity index (χ1) is 11.3. The first-order valence-electron chi connectivity index (χ1n) is 7.70. The Morgan fingerprint density at radius 1 is 0.870 bits per heavy atom. The summed E-state index contributed by atoms with van der Waals surface area (Å²) >= 11 is 0. The molecule has 0 aliphatic carbocycles. The molecule has 0 radical (unpaired) electrons. The van der Waals surface area contributed by atoms with E-state index in [0.29, 0.717) is 13.0 Å². The zero-order valence-corrected chi connectivity index (χ0v) is 12.4. The molecule has 4 aromatic rings. The molecular formula is C19H13N3O. The normalized spacial score (nSPS) is 13.8. The molecule has 4 heteroatoms. The number of imidazole rings is 1. The Labute approximate surface area is 132 Å². The Kier molecular flexibility index (Phi) is 2.45. The van der Waals surface area contributed by atoms with Gasteiger partial charge in [0.2, 0.25) is 0 Å². The molecule has 4 nitrogen and oxygen atoms in total. The van der Waals surface area contributed by atoms with Gasteiger partial charge >= 0.3 is 0 Å². The van der Waals surface area contributed by atoms with Gasteiger partial charge in [0.1, 0.15) is 5.69 Å². The molecule has 0 saturated heterocycles. The predicted octanol–water partition coefficient (Wildman–Crippen LogP) is 3.84. The first-order valence-corrected chi connectivity index (χ1v) is 7.70. The van der Waals surface area contributed by atoms with Crippen molar-refractivity contribution in [3.05, 3.63) is 60.2 Å². The molecule has 1 aliphatic rings. The number of benzene rings is 2. The Morgan fingerprint density at radius 3 is 2.70 bits per heavy atom. The number of carbonyl (C=O) groups is 1. The lowest BCUT2D eigenvalue weighted by Gasteiger charge is -2.15. The number of aromatic nitrogens is 3. The molecule has 3 heterocycles. The second-order valence-corrected chi connectivity index (χ2v) is 5.82. The molecule has 0 fully saturated rings. The monoisotopic (exact) mass is 299 g/mol. The van der Waals surface area contributed by atoms with Gasteiger partial charge in [-0.2, -0.15) is 0 Å². The minimum absolute atomic E-state index is 0.195. The van der Waals surface area contributed by atoms with E-state index < -0.39 is 0 Å². The van der Waals surface area contributed by atoms with Crippen molar-refractivity contribution >= 4 is 27.7 Å². The summed E-state index contributed by atoms with van der Waals surface area (Å²) in [5, 5.41) is 1.11. The number of ketones is 1. The van der Waals surface area contributed by atoms with Gasteiger partial charge in [-0.15, -0.1) is 0 Å². The number of hydrogen-bond donors (Lipinski definition) is 0. The van der Waals surface area contributed by atoms with Crippen molar-refractivity contribution in [1.82, 2.24) is 14.5 Å². The summed E-state index contributed by atoms with van der Waals surface area (Å²) in [5.41, 5.74) is 4.37. The second-order valence-electron chi connectivity index (χ2n) is 5.82. The molecule has 0 unspecified atom stereocenters. The summed E-state index contributed by atoms with van der Waals surface area (Å²) in [6.07, 6.45) is 0.517. The van der Waals surface area contributed by atoms with Gasteiger partial charge in [0.25, 0.3) is 0 Å². The van der Waals surface area contributed by atoms with Crippen LogP contribution in [0.3, 0.4) is 0 Å². The molecule has 0 amide bonds. The number of nitrogens with zero attached hydrogens (tertiary/aromatic N) is 3. The number of rotatable bonds is 1. The molecule has 0 spiro atoms. The average molecular weight is 299 g/mol. The van der Waals surface area contributed by atoms with Crippen LogP contribution in [0.1, 0.15) is 16.8 Å². The highest BCUT2D eigenvalue weighted by molar-refractivity contribution is 6.08. The summed E-state index contributed by atoms with van der Waals surface area (Å²) in [4.78, 5) is 21.6. The van der Waals surface area contributed by atoms with E-state index in [1.165, 1.54) is 0 Å². The molecule has 0 N–H and O–H groups in total. The fourth-order valence-electron chi connectivity index (χ4n) is 3.36. The van der Waals surface area contributed by atoms with Crippen LogP contribution in [0, 0.1) is 0 Å². The molecule has 0 atom stereocenters. The summed E-state index contributed by atoms with van der Waals surface area (Å²) < 4.78 is 2.13. The van der Waals surface area contributed by atoms with Crippen molar-refractivity contribution in [2.45, 2.75) is 13.0 Å². The maximum Gasteiger partial charge on any atom is 0.166 e. The maximum absolute atomic E-state index is 12.1. The number of aryl methyl sites for hydroxylation is 1. The smallest absolute Gasteiger partial charge is 0.166 e. The zero-order valence-electron chi connectivity index (χ0n) is 12.4. The Hall–Kier alpha value is -3.01. The largest absolute Gasteiger partial charge is 0.322 e. The lowest BCUT2D eigenvalue weighted by molar-refractivity contribution is 0.0973. The van der Waals surface area contributed by atoms with Gasteiger partial charge in [-0.05, 0) is 24.3 Å². The molecule has 1 aliphatic heterocycles. The fourth-order valence-corrected chi connectivity index (χ4v) is 3.36. The predicted molar refractivity (Wildman–Crippen MR) is 89.4 cm³/mol. The van der Waals surface area contributed by atoms with Crippen molar-refractivity contribution in [1.29, 1.82) is 0 Å². The third-order valence-electron chi connectivity index (χ3n) is 4.46. The van der Waals surface area contributed by atoms with Gasteiger partial charge in [-0.1, -0.05) is 30.3 Å².